The predicted molar refractivity (Wildman–Crippen MR) is 72.9 cm³/mol. The van der Waals surface area contributed by atoms with Gasteiger partial charge in [0.1, 0.15) is 4.47 Å². The highest BCUT2D eigenvalue weighted by Gasteiger charge is 2.10. The van der Waals surface area contributed by atoms with E-state index < -0.39 is 0 Å². The summed E-state index contributed by atoms with van der Waals surface area (Å²) in [5.74, 6) is 0.626. The molecular formula is C10H8Br2N2OS. The second-order valence-electron chi connectivity index (χ2n) is 3.16. The van der Waals surface area contributed by atoms with Crippen LogP contribution in [0.25, 0.3) is 10.7 Å². The molecule has 0 unspecified atom stereocenters. The number of halogens is 2. The van der Waals surface area contributed by atoms with Crippen LogP contribution in [0.5, 0.6) is 0 Å². The molecule has 0 saturated carbocycles. The van der Waals surface area contributed by atoms with Crippen LogP contribution in [0.4, 0.5) is 0 Å². The van der Waals surface area contributed by atoms with Crippen molar-refractivity contribution in [1.82, 2.24) is 9.97 Å². The van der Waals surface area contributed by atoms with Gasteiger partial charge in [-0.2, -0.15) is 0 Å². The molecule has 1 N–H and O–H groups in total. The topological polar surface area (TPSA) is 45.8 Å². The Labute approximate surface area is 113 Å². The van der Waals surface area contributed by atoms with Gasteiger partial charge in [-0.05, 0) is 44.3 Å². The first kappa shape index (κ1) is 12.0. The Morgan fingerprint density at radius 3 is 2.81 bits per heavy atom. The number of nitrogens with zero attached hydrogens (tertiary/aromatic N) is 1. The van der Waals surface area contributed by atoms with Crippen molar-refractivity contribution in [3.05, 3.63) is 36.4 Å². The van der Waals surface area contributed by atoms with Crippen LogP contribution in [-0.4, -0.2) is 9.97 Å². The van der Waals surface area contributed by atoms with Crippen molar-refractivity contribution >= 4 is 43.2 Å². The lowest BCUT2D eigenvalue weighted by Crippen LogP contribution is -2.12. The molecule has 2 aromatic heterocycles. The maximum absolute atomic E-state index is 11.7. The van der Waals surface area contributed by atoms with Crippen LogP contribution < -0.4 is 5.56 Å². The molecular weight excluding hydrogens is 356 g/mol. The van der Waals surface area contributed by atoms with Crippen LogP contribution in [0.15, 0.2) is 25.2 Å². The largest absolute Gasteiger partial charge is 0.305 e. The van der Waals surface area contributed by atoms with Crippen molar-refractivity contribution in [3.8, 4) is 10.7 Å². The lowest BCUT2D eigenvalue weighted by atomic mass is 10.3. The Morgan fingerprint density at radius 2 is 2.25 bits per heavy atom. The van der Waals surface area contributed by atoms with Gasteiger partial charge in [0.2, 0.25) is 0 Å². The normalized spacial score (nSPS) is 10.7. The zero-order valence-electron chi connectivity index (χ0n) is 8.38. The summed E-state index contributed by atoms with van der Waals surface area (Å²) in [5, 5.41) is 1.96. The summed E-state index contributed by atoms with van der Waals surface area (Å²) in [7, 11) is 0. The van der Waals surface area contributed by atoms with Gasteiger partial charge in [-0.3, -0.25) is 4.79 Å². The van der Waals surface area contributed by atoms with E-state index in [4.69, 9.17) is 0 Å². The molecule has 3 nitrogen and oxygen atoms in total. The van der Waals surface area contributed by atoms with E-state index in [9.17, 15) is 4.79 Å². The highest BCUT2D eigenvalue weighted by atomic mass is 79.9. The molecule has 0 radical (unpaired) electrons. The first-order chi connectivity index (χ1) is 7.61. The van der Waals surface area contributed by atoms with Gasteiger partial charge in [0.15, 0.2) is 5.82 Å². The quantitative estimate of drug-likeness (QED) is 0.886. The number of rotatable bonds is 2. The van der Waals surface area contributed by atoms with Crippen LogP contribution in [0.1, 0.15) is 12.6 Å². The van der Waals surface area contributed by atoms with E-state index in [1.807, 2.05) is 18.4 Å². The van der Waals surface area contributed by atoms with E-state index in [0.29, 0.717) is 10.3 Å². The SMILES string of the molecule is CCc1nc(-c2cc(Br)cs2)[nH]c(=O)c1Br. The summed E-state index contributed by atoms with van der Waals surface area (Å²) in [5.41, 5.74) is 0.648. The number of aromatic nitrogens is 2. The van der Waals surface area contributed by atoms with Gasteiger partial charge in [0, 0.05) is 9.85 Å². The minimum Gasteiger partial charge on any atom is -0.305 e. The van der Waals surface area contributed by atoms with Crippen molar-refractivity contribution in [2.75, 3.05) is 0 Å². The van der Waals surface area contributed by atoms with E-state index >= 15 is 0 Å². The minimum atomic E-state index is -0.133. The molecule has 0 saturated heterocycles. The Balaban J connectivity index is 2.59. The third-order valence-electron chi connectivity index (χ3n) is 2.07. The van der Waals surface area contributed by atoms with Gasteiger partial charge in [-0.1, -0.05) is 6.92 Å². The summed E-state index contributed by atoms with van der Waals surface area (Å²) in [6, 6.07) is 1.94. The zero-order chi connectivity index (χ0) is 11.7. The molecule has 0 amide bonds. The first-order valence-corrected chi connectivity index (χ1v) is 7.11. The first-order valence-electron chi connectivity index (χ1n) is 4.65. The number of aryl methyl sites for hydroxylation is 1. The molecule has 16 heavy (non-hydrogen) atoms. The highest BCUT2D eigenvalue weighted by Crippen LogP contribution is 2.27. The Hall–Kier alpha value is -0.460. The number of aromatic amines is 1. The van der Waals surface area contributed by atoms with Crippen LogP contribution in [0.3, 0.4) is 0 Å². The van der Waals surface area contributed by atoms with E-state index in [1.54, 1.807) is 11.3 Å². The van der Waals surface area contributed by atoms with Gasteiger partial charge >= 0.3 is 0 Å². The summed E-state index contributed by atoms with van der Waals surface area (Å²) in [4.78, 5) is 19.8. The van der Waals surface area contributed by atoms with Gasteiger partial charge in [0.25, 0.3) is 5.56 Å². The van der Waals surface area contributed by atoms with Crippen LogP contribution in [-0.2, 0) is 6.42 Å². The zero-order valence-corrected chi connectivity index (χ0v) is 12.4. The molecule has 0 fully saturated rings. The molecule has 0 aliphatic rings. The minimum absolute atomic E-state index is 0.133. The smallest absolute Gasteiger partial charge is 0.265 e. The molecule has 0 aliphatic carbocycles. The lowest BCUT2D eigenvalue weighted by molar-refractivity contribution is 0.973. The maximum Gasteiger partial charge on any atom is 0.265 e. The molecule has 2 aromatic rings. The number of hydrogen-bond acceptors (Lipinski definition) is 3. The molecule has 2 rings (SSSR count). The fourth-order valence-electron chi connectivity index (χ4n) is 1.29. The summed E-state index contributed by atoms with van der Waals surface area (Å²) < 4.78 is 1.52. The number of thiophene rings is 1. The van der Waals surface area contributed by atoms with E-state index in [1.165, 1.54) is 0 Å². The second-order valence-corrected chi connectivity index (χ2v) is 5.78. The third kappa shape index (κ3) is 2.28. The van der Waals surface area contributed by atoms with Crippen LogP contribution in [0.2, 0.25) is 0 Å². The van der Waals surface area contributed by atoms with Crippen molar-refractivity contribution < 1.29 is 0 Å². The fourth-order valence-corrected chi connectivity index (χ4v) is 3.13. The average Bonchev–Trinajstić information content (AvgIpc) is 2.69. The molecule has 6 heteroatoms. The summed E-state index contributed by atoms with van der Waals surface area (Å²) in [6.07, 6.45) is 0.726. The van der Waals surface area contributed by atoms with Gasteiger partial charge < -0.3 is 4.98 Å². The molecule has 84 valence electrons. The van der Waals surface area contributed by atoms with Gasteiger partial charge in [-0.15, -0.1) is 11.3 Å². The predicted octanol–water partition coefficient (Wildman–Crippen LogP) is 3.59. The van der Waals surface area contributed by atoms with E-state index in [0.717, 1.165) is 21.5 Å². The van der Waals surface area contributed by atoms with Gasteiger partial charge in [-0.25, -0.2) is 4.98 Å². The van der Waals surface area contributed by atoms with Crippen LogP contribution in [0, 0.1) is 0 Å². The van der Waals surface area contributed by atoms with Crippen molar-refractivity contribution in [3.63, 3.8) is 0 Å². The molecule has 0 aromatic carbocycles. The van der Waals surface area contributed by atoms with Crippen molar-refractivity contribution in [2.45, 2.75) is 13.3 Å². The Kier molecular flexibility index (Phi) is 3.61. The monoisotopic (exact) mass is 362 g/mol. The summed E-state index contributed by atoms with van der Waals surface area (Å²) in [6.45, 7) is 1.97. The number of H-pyrrole nitrogens is 1. The molecule has 0 atom stereocenters. The molecule has 0 aliphatic heterocycles. The average molecular weight is 364 g/mol. The van der Waals surface area contributed by atoms with Gasteiger partial charge in [0.05, 0.1) is 10.6 Å². The van der Waals surface area contributed by atoms with Crippen molar-refractivity contribution in [1.29, 1.82) is 0 Å². The fraction of sp³-hybridized carbons (Fsp3) is 0.200. The number of nitrogens with one attached hydrogen (secondary N) is 1. The lowest BCUT2D eigenvalue weighted by Gasteiger charge is -2.02. The second kappa shape index (κ2) is 4.81. The van der Waals surface area contributed by atoms with E-state index in [-0.39, 0.29) is 5.56 Å². The molecule has 2 heterocycles. The Bertz CT molecular complexity index is 576. The standard InChI is InChI=1S/C10H8Br2N2OS/c1-2-6-8(12)10(15)14-9(13-6)7-3-5(11)4-16-7/h3-4H,2H2,1H3,(H,13,14,15). The summed E-state index contributed by atoms with van der Waals surface area (Å²) >= 11 is 8.16. The number of hydrogen-bond donors (Lipinski definition) is 1. The van der Waals surface area contributed by atoms with Crippen molar-refractivity contribution in [2.24, 2.45) is 0 Å². The molecule has 0 spiro atoms. The molecule has 0 bridgehead atoms. The highest BCUT2D eigenvalue weighted by molar-refractivity contribution is 9.10. The maximum atomic E-state index is 11.7. The van der Waals surface area contributed by atoms with E-state index in [2.05, 4.69) is 41.8 Å². The van der Waals surface area contributed by atoms with Crippen LogP contribution >= 0.6 is 43.2 Å². The Morgan fingerprint density at radius 1 is 1.50 bits per heavy atom. The third-order valence-corrected chi connectivity index (χ3v) is 4.58.